The number of fused-ring (bicyclic) bond motifs is 1. The number of nitrogens with one attached hydrogen (secondary N) is 2. The monoisotopic (exact) mass is 372 g/mol. The molecular weight excluding hydrogens is 348 g/mol. The van der Waals surface area contributed by atoms with E-state index in [1.54, 1.807) is 30.3 Å². The van der Waals surface area contributed by atoms with Gasteiger partial charge in [0.1, 0.15) is 5.70 Å². The number of hydrogen-bond donors (Lipinski definition) is 2. The van der Waals surface area contributed by atoms with Gasteiger partial charge in [0.25, 0.3) is 11.8 Å². The maximum atomic E-state index is 12.7. The third kappa shape index (κ3) is 4.86. The Labute approximate surface area is 165 Å². The second-order valence-corrected chi connectivity index (χ2v) is 6.56. The van der Waals surface area contributed by atoms with Gasteiger partial charge in [-0.25, -0.2) is 0 Å². The summed E-state index contributed by atoms with van der Waals surface area (Å²) >= 11 is 0. The zero-order valence-corrected chi connectivity index (χ0v) is 15.9. The Morgan fingerprint density at radius 1 is 0.893 bits per heavy atom. The van der Waals surface area contributed by atoms with E-state index in [-0.39, 0.29) is 17.5 Å². The second-order valence-electron chi connectivity index (χ2n) is 6.56. The molecule has 0 atom stereocenters. The molecule has 3 aromatic rings. The van der Waals surface area contributed by atoms with Gasteiger partial charge in [-0.3, -0.25) is 9.59 Å². The topological polar surface area (TPSA) is 58.2 Å². The molecule has 2 N–H and O–H groups in total. The van der Waals surface area contributed by atoms with Crippen LogP contribution in [0.3, 0.4) is 0 Å². The van der Waals surface area contributed by atoms with Crippen LogP contribution < -0.4 is 10.6 Å². The van der Waals surface area contributed by atoms with Gasteiger partial charge in [0, 0.05) is 12.1 Å². The number of carbonyl (C=O) groups is 2. The first-order valence-corrected chi connectivity index (χ1v) is 9.53. The number of benzene rings is 3. The van der Waals surface area contributed by atoms with Crippen LogP contribution in [0.4, 0.5) is 0 Å². The second kappa shape index (κ2) is 9.51. The van der Waals surface area contributed by atoms with Crippen molar-refractivity contribution in [2.75, 3.05) is 6.54 Å². The molecule has 142 valence electrons. The Kier molecular flexibility index (Phi) is 6.58. The third-order valence-corrected chi connectivity index (χ3v) is 4.47. The molecule has 0 saturated carbocycles. The summed E-state index contributed by atoms with van der Waals surface area (Å²) in [4.78, 5) is 25.3. The highest BCUT2D eigenvalue weighted by Crippen LogP contribution is 2.20. The van der Waals surface area contributed by atoms with Crippen LogP contribution in [0, 0.1) is 0 Å². The molecule has 4 nitrogen and oxygen atoms in total. The lowest BCUT2D eigenvalue weighted by Crippen LogP contribution is -2.35. The summed E-state index contributed by atoms with van der Waals surface area (Å²) in [5, 5.41) is 7.78. The summed E-state index contributed by atoms with van der Waals surface area (Å²) in [6, 6.07) is 22.8. The van der Waals surface area contributed by atoms with E-state index >= 15 is 0 Å². The van der Waals surface area contributed by atoms with E-state index in [1.807, 2.05) is 48.5 Å². The quantitative estimate of drug-likeness (QED) is 0.473. The SMILES string of the molecule is CCCCNC(=O)/C(=C\c1cccc2ccccc12)NC(=O)c1ccccc1. The van der Waals surface area contributed by atoms with E-state index in [0.29, 0.717) is 12.1 Å². The fraction of sp³-hybridized carbons (Fsp3) is 0.167. The van der Waals surface area contributed by atoms with Crippen molar-refractivity contribution in [3.8, 4) is 0 Å². The Morgan fingerprint density at radius 2 is 1.61 bits per heavy atom. The maximum Gasteiger partial charge on any atom is 0.267 e. The lowest BCUT2D eigenvalue weighted by atomic mass is 10.0. The lowest BCUT2D eigenvalue weighted by Gasteiger charge is -2.12. The zero-order valence-electron chi connectivity index (χ0n) is 15.9. The van der Waals surface area contributed by atoms with Crippen molar-refractivity contribution < 1.29 is 9.59 Å². The van der Waals surface area contributed by atoms with Gasteiger partial charge in [0.05, 0.1) is 0 Å². The molecule has 0 radical (unpaired) electrons. The third-order valence-electron chi connectivity index (χ3n) is 4.47. The van der Waals surface area contributed by atoms with E-state index in [9.17, 15) is 9.59 Å². The van der Waals surface area contributed by atoms with Crippen LogP contribution in [0.15, 0.2) is 78.5 Å². The Bertz CT molecular complexity index is 988. The molecule has 0 bridgehead atoms. The van der Waals surface area contributed by atoms with E-state index in [2.05, 4.69) is 17.6 Å². The molecule has 28 heavy (non-hydrogen) atoms. The predicted molar refractivity (Wildman–Crippen MR) is 114 cm³/mol. The Hall–Kier alpha value is -3.40. The van der Waals surface area contributed by atoms with E-state index in [4.69, 9.17) is 0 Å². The standard InChI is InChI=1S/C24H24N2O2/c1-2-3-16-25-24(28)22(26-23(27)19-11-5-4-6-12-19)17-20-14-9-13-18-10-7-8-15-21(18)20/h4-15,17H,2-3,16H2,1H3,(H,25,28)(H,26,27)/b22-17+. The van der Waals surface area contributed by atoms with E-state index in [0.717, 1.165) is 29.2 Å². The van der Waals surface area contributed by atoms with Gasteiger partial charge < -0.3 is 10.6 Å². The summed E-state index contributed by atoms with van der Waals surface area (Å²) in [6.07, 6.45) is 3.61. The summed E-state index contributed by atoms with van der Waals surface area (Å²) < 4.78 is 0. The van der Waals surface area contributed by atoms with Gasteiger partial charge in [0.15, 0.2) is 0 Å². The Morgan fingerprint density at radius 3 is 2.39 bits per heavy atom. The largest absolute Gasteiger partial charge is 0.351 e. The van der Waals surface area contributed by atoms with Crippen molar-refractivity contribution in [2.24, 2.45) is 0 Å². The first-order chi connectivity index (χ1) is 13.7. The van der Waals surface area contributed by atoms with Gasteiger partial charge in [-0.2, -0.15) is 0 Å². The molecule has 0 saturated heterocycles. The fourth-order valence-electron chi connectivity index (χ4n) is 2.95. The van der Waals surface area contributed by atoms with Gasteiger partial charge in [-0.05, 0) is 41.0 Å². The highest BCUT2D eigenvalue weighted by molar-refractivity contribution is 6.06. The van der Waals surface area contributed by atoms with Crippen molar-refractivity contribution in [3.05, 3.63) is 89.6 Å². The number of rotatable bonds is 7. The average molecular weight is 372 g/mol. The van der Waals surface area contributed by atoms with Crippen LogP contribution >= 0.6 is 0 Å². The molecule has 3 rings (SSSR count). The summed E-state index contributed by atoms with van der Waals surface area (Å²) in [7, 11) is 0. The molecule has 4 heteroatoms. The molecule has 0 unspecified atom stereocenters. The summed E-state index contributed by atoms with van der Waals surface area (Å²) in [5.74, 6) is -0.594. The van der Waals surface area contributed by atoms with Crippen LogP contribution in [-0.2, 0) is 4.79 Å². The van der Waals surface area contributed by atoms with E-state index < -0.39 is 0 Å². The Balaban J connectivity index is 1.94. The number of carbonyl (C=O) groups excluding carboxylic acids is 2. The first kappa shape index (κ1) is 19.4. The smallest absolute Gasteiger partial charge is 0.267 e. The van der Waals surface area contributed by atoms with Crippen LogP contribution in [0.5, 0.6) is 0 Å². The zero-order chi connectivity index (χ0) is 19.8. The lowest BCUT2D eigenvalue weighted by molar-refractivity contribution is -0.117. The molecule has 0 fully saturated rings. The molecule has 0 aliphatic heterocycles. The normalized spacial score (nSPS) is 11.2. The molecular formula is C24H24N2O2. The molecule has 0 spiro atoms. The number of amides is 2. The highest BCUT2D eigenvalue weighted by atomic mass is 16.2. The van der Waals surface area contributed by atoms with Crippen molar-refractivity contribution in [1.82, 2.24) is 10.6 Å². The number of unbranched alkanes of at least 4 members (excludes halogenated alkanes) is 1. The van der Waals surface area contributed by atoms with Crippen LogP contribution in [0.25, 0.3) is 16.8 Å². The fourth-order valence-corrected chi connectivity index (χ4v) is 2.95. The number of hydrogen-bond acceptors (Lipinski definition) is 2. The molecule has 0 heterocycles. The average Bonchev–Trinajstić information content (AvgIpc) is 2.74. The minimum atomic E-state index is -0.308. The van der Waals surface area contributed by atoms with Crippen LogP contribution in [0.2, 0.25) is 0 Å². The van der Waals surface area contributed by atoms with Gasteiger partial charge in [-0.1, -0.05) is 74.0 Å². The summed E-state index contributed by atoms with van der Waals surface area (Å²) in [6.45, 7) is 2.64. The van der Waals surface area contributed by atoms with Gasteiger partial charge >= 0.3 is 0 Å². The van der Waals surface area contributed by atoms with Crippen molar-refractivity contribution in [3.63, 3.8) is 0 Å². The van der Waals surface area contributed by atoms with E-state index in [1.165, 1.54) is 0 Å². The minimum absolute atomic E-state index is 0.237. The maximum absolute atomic E-state index is 12.7. The molecule has 0 aliphatic carbocycles. The van der Waals surface area contributed by atoms with Gasteiger partial charge in [-0.15, -0.1) is 0 Å². The molecule has 0 aliphatic rings. The van der Waals surface area contributed by atoms with Crippen molar-refractivity contribution >= 4 is 28.7 Å². The predicted octanol–water partition coefficient (Wildman–Crippen LogP) is 4.53. The van der Waals surface area contributed by atoms with Crippen LogP contribution in [-0.4, -0.2) is 18.4 Å². The highest BCUT2D eigenvalue weighted by Gasteiger charge is 2.14. The van der Waals surface area contributed by atoms with Crippen molar-refractivity contribution in [1.29, 1.82) is 0 Å². The first-order valence-electron chi connectivity index (χ1n) is 9.53. The molecule has 2 amide bonds. The summed E-state index contributed by atoms with van der Waals surface area (Å²) in [5.41, 5.74) is 1.63. The molecule has 0 aromatic heterocycles. The van der Waals surface area contributed by atoms with Crippen LogP contribution in [0.1, 0.15) is 35.7 Å². The molecule has 3 aromatic carbocycles. The minimum Gasteiger partial charge on any atom is -0.351 e. The van der Waals surface area contributed by atoms with Crippen molar-refractivity contribution in [2.45, 2.75) is 19.8 Å². The van der Waals surface area contributed by atoms with Gasteiger partial charge in [0.2, 0.25) is 0 Å².